The number of esters is 1. The van der Waals surface area contributed by atoms with Gasteiger partial charge in [0.1, 0.15) is 5.76 Å². The maximum atomic E-state index is 12.4. The van der Waals surface area contributed by atoms with Gasteiger partial charge < -0.3 is 14.5 Å². The highest BCUT2D eigenvalue weighted by atomic mass is 32.2. The van der Waals surface area contributed by atoms with Crippen LogP contribution in [0.1, 0.15) is 46.1 Å². The van der Waals surface area contributed by atoms with Crippen LogP contribution in [0.3, 0.4) is 0 Å². The molecule has 0 saturated carbocycles. The van der Waals surface area contributed by atoms with Gasteiger partial charge in [-0.05, 0) is 66.8 Å². The third-order valence-electron chi connectivity index (χ3n) is 5.46. The van der Waals surface area contributed by atoms with Crippen molar-refractivity contribution in [3.05, 3.63) is 89.4 Å². The largest absolute Gasteiger partial charge is 0.468 e. The molecule has 2 aromatic carbocycles. The standard InChI is InChI=1S/C24H24N2O6S/c27-23(26-22-9-3-6-17-5-1-2-8-21(17)22)16-32-24(28)18-10-12-20(13-11-18)33(29,30)25-15-19-7-4-14-31-19/h1-2,4-5,7-8,10-14,22,25H,3,6,9,15-16H2,(H,26,27). The molecule has 0 spiro atoms. The highest BCUT2D eigenvalue weighted by Crippen LogP contribution is 2.29. The number of aryl methyl sites for hydroxylation is 1. The zero-order valence-corrected chi connectivity index (χ0v) is 18.6. The number of carbonyl (C=O) groups is 2. The van der Waals surface area contributed by atoms with Crippen LogP contribution in [0.4, 0.5) is 0 Å². The number of furan rings is 1. The molecule has 1 aliphatic carbocycles. The van der Waals surface area contributed by atoms with Crippen molar-refractivity contribution in [2.24, 2.45) is 0 Å². The molecule has 0 bridgehead atoms. The van der Waals surface area contributed by atoms with Gasteiger partial charge in [0.25, 0.3) is 5.91 Å². The minimum Gasteiger partial charge on any atom is -0.468 e. The second kappa shape index (κ2) is 10.0. The molecule has 1 atom stereocenters. The van der Waals surface area contributed by atoms with E-state index < -0.39 is 22.6 Å². The third kappa shape index (κ3) is 5.68. The Balaban J connectivity index is 1.29. The number of amides is 1. The summed E-state index contributed by atoms with van der Waals surface area (Å²) in [5.41, 5.74) is 2.47. The average molecular weight is 469 g/mol. The molecule has 0 aliphatic heterocycles. The van der Waals surface area contributed by atoms with Crippen LogP contribution in [0.5, 0.6) is 0 Å². The molecule has 8 nitrogen and oxygen atoms in total. The number of sulfonamides is 1. The number of fused-ring (bicyclic) bond motifs is 1. The van der Waals surface area contributed by atoms with E-state index in [4.69, 9.17) is 9.15 Å². The normalized spacial score (nSPS) is 15.5. The second-order valence-corrected chi connectivity index (χ2v) is 9.48. The first-order valence-corrected chi connectivity index (χ1v) is 12.1. The van der Waals surface area contributed by atoms with Crippen molar-refractivity contribution in [1.82, 2.24) is 10.0 Å². The Labute approximate surface area is 192 Å². The van der Waals surface area contributed by atoms with Crippen LogP contribution in [0.25, 0.3) is 0 Å². The monoisotopic (exact) mass is 468 g/mol. The molecule has 33 heavy (non-hydrogen) atoms. The summed E-state index contributed by atoms with van der Waals surface area (Å²) in [7, 11) is -3.77. The van der Waals surface area contributed by atoms with E-state index in [1.54, 1.807) is 12.1 Å². The van der Waals surface area contributed by atoms with Crippen LogP contribution in [0.15, 0.2) is 76.2 Å². The van der Waals surface area contributed by atoms with Gasteiger partial charge in [0.2, 0.25) is 10.0 Å². The molecule has 1 heterocycles. The molecule has 0 fully saturated rings. The van der Waals surface area contributed by atoms with E-state index in [9.17, 15) is 18.0 Å². The van der Waals surface area contributed by atoms with Crippen molar-refractivity contribution in [3.8, 4) is 0 Å². The molecular weight excluding hydrogens is 444 g/mol. The minimum atomic E-state index is -3.77. The lowest BCUT2D eigenvalue weighted by Gasteiger charge is -2.26. The maximum absolute atomic E-state index is 12.4. The van der Waals surface area contributed by atoms with E-state index in [0.29, 0.717) is 5.76 Å². The molecule has 1 unspecified atom stereocenters. The lowest BCUT2D eigenvalue weighted by molar-refractivity contribution is -0.125. The van der Waals surface area contributed by atoms with Crippen molar-refractivity contribution in [3.63, 3.8) is 0 Å². The van der Waals surface area contributed by atoms with E-state index in [2.05, 4.69) is 16.1 Å². The van der Waals surface area contributed by atoms with Crippen molar-refractivity contribution in [2.75, 3.05) is 6.61 Å². The second-order valence-electron chi connectivity index (χ2n) is 7.72. The molecule has 2 N–H and O–H groups in total. The summed E-state index contributed by atoms with van der Waals surface area (Å²) < 4.78 is 37.4. The van der Waals surface area contributed by atoms with Crippen molar-refractivity contribution in [1.29, 1.82) is 0 Å². The molecule has 172 valence electrons. The number of carbonyl (C=O) groups excluding carboxylic acids is 2. The average Bonchev–Trinajstić information content (AvgIpc) is 3.36. The zero-order valence-electron chi connectivity index (χ0n) is 17.8. The van der Waals surface area contributed by atoms with E-state index in [0.717, 1.165) is 24.8 Å². The number of hydrogen-bond acceptors (Lipinski definition) is 6. The van der Waals surface area contributed by atoms with Crippen LogP contribution in [0, 0.1) is 0 Å². The predicted octanol–water partition coefficient (Wildman–Crippen LogP) is 3.11. The fourth-order valence-corrected chi connectivity index (χ4v) is 4.78. The first kappa shape index (κ1) is 22.8. The van der Waals surface area contributed by atoms with Gasteiger partial charge in [0.15, 0.2) is 6.61 Å². The number of hydrogen-bond donors (Lipinski definition) is 2. The highest BCUT2D eigenvalue weighted by molar-refractivity contribution is 7.89. The van der Waals surface area contributed by atoms with E-state index in [1.807, 2.05) is 18.2 Å². The molecule has 1 aliphatic rings. The summed E-state index contributed by atoms with van der Waals surface area (Å²) in [6.45, 7) is -0.401. The van der Waals surface area contributed by atoms with Gasteiger partial charge in [0, 0.05) is 0 Å². The van der Waals surface area contributed by atoms with E-state index in [-0.39, 0.29) is 29.0 Å². The smallest absolute Gasteiger partial charge is 0.338 e. The van der Waals surface area contributed by atoms with Crippen LogP contribution in [0.2, 0.25) is 0 Å². The Morgan fingerprint density at radius 1 is 1.03 bits per heavy atom. The maximum Gasteiger partial charge on any atom is 0.338 e. The topological polar surface area (TPSA) is 115 Å². The van der Waals surface area contributed by atoms with E-state index >= 15 is 0 Å². The highest BCUT2D eigenvalue weighted by Gasteiger charge is 2.22. The summed E-state index contributed by atoms with van der Waals surface area (Å²) in [4.78, 5) is 24.6. The molecule has 0 saturated heterocycles. The fraction of sp³-hybridized carbons (Fsp3) is 0.250. The molecule has 9 heteroatoms. The molecule has 4 rings (SSSR count). The Kier molecular flexibility index (Phi) is 6.90. The predicted molar refractivity (Wildman–Crippen MR) is 120 cm³/mol. The Morgan fingerprint density at radius 3 is 2.58 bits per heavy atom. The van der Waals surface area contributed by atoms with Crippen LogP contribution in [-0.4, -0.2) is 26.9 Å². The van der Waals surface area contributed by atoms with Crippen molar-refractivity contribution >= 4 is 21.9 Å². The number of benzene rings is 2. The van der Waals surface area contributed by atoms with Gasteiger partial charge >= 0.3 is 5.97 Å². The third-order valence-corrected chi connectivity index (χ3v) is 6.87. The molecule has 0 radical (unpaired) electrons. The first-order valence-electron chi connectivity index (χ1n) is 10.6. The van der Waals surface area contributed by atoms with Crippen LogP contribution < -0.4 is 10.0 Å². The first-order chi connectivity index (χ1) is 15.9. The Morgan fingerprint density at radius 2 is 1.82 bits per heavy atom. The fourth-order valence-electron chi connectivity index (χ4n) is 3.79. The van der Waals surface area contributed by atoms with Crippen molar-refractivity contribution in [2.45, 2.75) is 36.7 Å². The van der Waals surface area contributed by atoms with Crippen LogP contribution >= 0.6 is 0 Å². The van der Waals surface area contributed by atoms with Crippen molar-refractivity contribution < 1.29 is 27.2 Å². The Hall–Kier alpha value is -3.43. The van der Waals surface area contributed by atoms with Gasteiger partial charge in [-0.1, -0.05) is 24.3 Å². The number of nitrogens with one attached hydrogen (secondary N) is 2. The number of ether oxygens (including phenoxy) is 1. The Bertz CT molecular complexity index is 1220. The van der Waals surface area contributed by atoms with Gasteiger partial charge in [0.05, 0.1) is 29.3 Å². The zero-order chi connectivity index (χ0) is 23.3. The SMILES string of the molecule is O=C(COC(=O)c1ccc(S(=O)(=O)NCc2ccco2)cc1)NC1CCCc2ccccc21. The van der Waals surface area contributed by atoms with Gasteiger partial charge in [-0.2, -0.15) is 0 Å². The summed E-state index contributed by atoms with van der Waals surface area (Å²) in [5, 5.41) is 2.93. The lowest BCUT2D eigenvalue weighted by Crippen LogP contribution is -2.34. The summed E-state index contributed by atoms with van der Waals surface area (Å²) in [5.74, 6) is -0.609. The summed E-state index contributed by atoms with van der Waals surface area (Å²) in [6.07, 6.45) is 4.26. The minimum absolute atomic E-state index is 0.000636. The molecular formula is C24H24N2O6S. The number of rotatable bonds is 8. The molecule has 1 amide bonds. The van der Waals surface area contributed by atoms with Crippen LogP contribution in [-0.2, 0) is 32.5 Å². The van der Waals surface area contributed by atoms with Gasteiger partial charge in [-0.15, -0.1) is 0 Å². The van der Waals surface area contributed by atoms with E-state index in [1.165, 1.54) is 36.1 Å². The lowest BCUT2D eigenvalue weighted by atomic mass is 9.88. The van der Waals surface area contributed by atoms with Gasteiger partial charge in [-0.3, -0.25) is 4.79 Å². The molecule has 3 aromatic rings. The summed E-state index contributed by atoms with van der Waals surface area (Å²) in [6, 6.07) is 16.5. The molecule has 1 aromatic heterocycles. The summed E-state index contributed by atoms with van der Waals surface area (Å²) >= 11 is 0. The van der Waals surface area contributed by atoms with Gasteiger partial charge in [-0.25, -0.2) is 17.9 Å². The quantitative estimate of drug-likeness (QED) is 0.491.